The van der Waals surface area contributed by atoms with E-state index in [9.17, 15) is 9.59 Å². The molecule has 0 aromatic rings. The van der Waals surface area contributed by atoms with Crippen molar-refractivity contribution in [2.45, 2.75) is 6.92 Å². The molecule has 16 heavy (non-hydrogen) atoms. The summed E-state index contributed by atoms with van der Waals surface area (Å²) in [6, 6.07) is -0.404. The Bertz CT molecular complexity index is 255. The number of aliphatic hydroxyl groups is 1. The van der Waals surface area contributed by atoms with Crippen LogP contribution in [0.2, 0.25) is 0 Å². The number of carboxylic acids is 1. The number of nitrogens with zero attached hydrogens (tertiary/aromatic N) is 2. The van der Waals surface area contributed by atoms with Crippen molar-refractivity contribution in [3.05, 3.63) is 12.7 Å². The zero-order valence-electron chi connectivity index (χ0n) is 9.43. The lowest BCUT2D eigenvalue weighted by atomic mass is 10.4. The van der Waals surface area contributed by atoms with E-state index >= 15 is 0 Å². The van der Waals surface area contributed by atoms with Gasteiger partial charge < -0.3 is 20.0 Å². The number of carbonyl (C=O) groups is 2. The highest BCUT2D eigenvalue weighted by atomic mass is 16.4. The van der Waals surface area contributed by atoms with E-state index in [1.54, 1.807) is 6.92 Å². The lowest BCUT2D eigenvalue weighted by Gasteiger charge is -2.27. The van der Waals surface area contributed by atoms with Gasteiger partial charge in [0.1, 0.15) is 6.54 Å². The summed E-state index contributed by atoms with van der Waals surface area (Å²) in [5.74, 6) is -1.07. The van der Waals surface area contributed by atoms with E-state index in [2.05, 4.69) is 6.58 Å². The van der Waals surface area contributed by atoms with Gasteiger partial charge in [0.2, 0.25) is 0 Å². The predicted molar refractivity (Wildman–Crippen MR) is 59.1 cm³/mol. The average molecular weight is 230 g/mol. The van der Waals surface area contributed by atoms with Gasteiger partial charge in [0.25, 0.3) is 0 Å². The molecule has 6 nitrogen and oxygen atoms in total. The van der Waals surface area contributed by atoms with Crippen LogP contribution in [0.25, 0.3) is 0 Å². The Morgan fingerprint density at radius 2 is 2.00 bits per heavy atom. The first-order valence-corrected chi connectivity index (χ1v) is 5.04. The molecule has 0 spiro atoms. The first kappa shape index (κ1) is 14.4. The summed E-state index contributed by atoms with van der Waals surface area (Å²) in [6.07, 6.45) is 1.47. The van der Waals surface area contributed by atoms with E-state index < -0.39 is 12.0 Å². The Morgan fingerprint density at radius 3 is 2.38 bits per heavy atom. The predicted octanol–water partition coefficient (Wildman–Crippen LogP) is -0.00680. The second-order valence-corrected chi connectivity index (χ2v) is 3.15. The Kier molecular flexibility index (Phi) is 6.95. The lowest BCUT2D eigenvalue weighted by Crippen LogP contribution is -2.46. The van der Waals surface area contributed by atoms with Crippen molar-refractivity contribution in [2.75, 3.05) is 32.8 Å². The molecule has 0 fully saturated rings. The van der Waals surface area contributed by atoms with E-state index in [-0.39, 0.29) is 26.2 Å². The lowest BCUT2D eigenvalue weighted by molar-refractivity contribution is -0.137. The van der Waals surface area contributed by atoms with Crippen LogP contribution >= 0.6 is 0 Å². The zero-order valence-corrected chi connectivity index (χ0v) is 9.43. The molecule has 0 saturated heterocycles. The first-order chi connectivity index (χ1) is 7.56. The van der Waals surface area contributed by atoms with Gasteiger partial charge in [-0.3, -0.25) is 4.79 Å². The minimum Gasteiger partial charge on any atom is -0.480 e. The van der Waals surface area contributed by atoms with E-state index in [4.69, 9.17) is 10.2 Å². The summed E-state index contributed by atoms with van der Waals surface area (Å²) < 4.78 is 0. The molecule has 92 valence electrons. The molecule has 0 unspecified atom stereocenters. The molecule has 0 aliphatic heterocycles. The molecule has 6 heteroatoms. The summed E-state index contributed by atoms with van der Waals surface area (Å²) >= 11 is 0. The molecular formula is C10H18N2O4. The molecule has 0 heterocycles. The number of aliphatic carboxylic acids is 1. The van der Waals surface area contributed by atoms with Crippen LogP contribution in [0.15, 0.2) is 12.7 Å². The fraction of sp³-hybridized carbons (Fsp3) is 0.600. The monoisotopic (exact) mass is 230 g/mol. The van der Waals surface area contributed by atoms with Crippen LogP contribution in [0.3, 0.4) is 0 Å². The highest BCUT2D eigenvalue weighted by Gasteiger charge is 2.20. The van der Waals surface area contributed by atoms with Crippen molar-refractivity contribution < 1.29 is 19.8 Å². The fourth-order valence-corrected chi connectivity index (χ4v) is 1.24. The average Bonchev–Trinajstić information content (AvgIpc) is 2.23. The Hall–Kier alpha value is -1.56. The van der Waals surface area contributed by atoms with Crippen LogP contribution in [0, 0.1) is 0 Å². The first-order valence-electron chi connectivity index (χ1n) is 5.04. The topological polar surface area (TPSA) is 81.1 Å². The van der Waals surface area contributed by atoms with Gasteiger partial charge in [0.05, 0.1) is 6.61 Å². The van der Waals surface area contributed by atoms with Gasteiger partial charge in [0, 0.05) is 19.6 Å². The van der Waals surface area contributed by atoms with Crippen LogP contribution in [0.5, 0.6) is 0 Å². The van der Waals surface area contributed by atoms with Gasteiger partial charge in [0.15, 0.2) is 0 Å². The van der Waals surface area contributed by atoms with E-state index in [0.717, 1.165) is 4.90 Å². The second kappa shape index (κ2) is 7.70. The normalized spacial score (nSPS) is 9.62. The number of hydrogen-bond acceptors (Lipinski definition) is 3. The number of carboxylic acid groups (broad SMARTS) is 1. The number of likely N-dealkylation sites (N-methyl/N-ethyl adjacent to an activating group) is 1. The van der Waals surface area contributed by atoms with Crippen LogP contribution in [-0.4, -0.2) is 64.8 Å². The molecule has 0 aromatic carbocycles. The minimum absolute atomic E-state index is 0.144. The van der Waals surface area contributed by atoms with E-state index in [1.165, 1.54) is 11.0 Å². The molecule has 0 aromatic heterocycles. The number of aliphatic hydroxyl groups excluding tert-OH is 1. The van der Waals surface area contributed by atoms with Crippen LogP contribution < -0.4 is 0 Å². The molecule has 2 amide bonds. The summed E-state index contributed by atoms with van der Waals surface area (Å²) in [5, 5.41) is 17.4. The van der Waals surface area contributed by atoms with Crippen LogP contribution in [-0.2, 0) is 4.79 Å². The molecule has 0 atom stereocenters. The van der Waals surface area contributed by atoms with Crippen molar-refractivity contribution >= 4 is 12.0 Å². The van der Waals surface area contributed by atoms with Crippen molar-refractivity contribution in [3.8, 4) is 0 Å². The minimum atomic E-state index is -1.07. The maximum atomic E-state index is 11.8. The van der Waals surface area contributed by atoms with Crippen molar-refractivity contribution in [3.63, 3.8) is 0 Å². The standard InChI is InChI=1S/C10H18N2O4/c1-3-5-12(8-9(14)15)10(16)11(4-2)6-7-13/h3,13H,1,4-8H2,2H3,(H,14,15). The number of amides is 2. The smallest absolute Gasteiger partial charge is 0.323 e. The molecule has 0 radical (unpaired) electrons. The SMILES string of the molecule is C=CCN(CC(=O)O)C(=O)N(CC)CCO. The van der Waals surface area contributed by atoms with Crippen molar-refractivity contribution in [2.24, 2.45) is 0 Å². The van der Waals surface area contributed by atoms with Gasteiger partial charge >= 0.3 is 12.0 Å². The largest absolute Gasteiger partial charge is 0.480 e. The Balaban J connectivity index is 4.55. The van der Waals surface area contributed by atoms with Gasteiger partial charge in [-0.1, -0.05) is 6.08 Å². The van der Waals surface area contributed by atoms with E-state index in [0.29, 0.717) is 6.54 Å². The Morgan fingerprint density at radius 1 is 1.38 bits per heavy atom. The van der Waals surface area contributed by atoms with Crippen molar-refractivity contribution in [1.82, 2.24) is 9.80 Å². The van der Waals surface area contributed by atoms with Gasteiger partial charge in [-0.15, -0.1) is 6.58 Å². The summed E-state index contributed by atoms with van der Waals surface area (Å²) in [5.41, 5.74) is 0. The third-order valence-corrected chi connectivity index (χ3v) is 1.97. The second-order valence-electron chi connectivity index (χ2n) is 3.15. The maximum Gasteiger partial charge on any atom is 0.323 e. The van der Waals surface area contributed by atoms with Gasteiger partial charge in [-0.05, 0) is 6.92 Å². The highest BCUT2D eigenvalue weighted by molar-refractivity contribution is 5.80. The quantitative estimate of drug-likeness (QED) is 0.603. The molecule has 0 aliphatic rings. The maximum absolute atomic E-state index is 11.8. The molecule has 0 rings (SSSR count). The number of urea groups is 1. The zero-order chi connectivity index (χ0) is 12.6. The highest BCUT2D eigenvalue weighted by Crippen LogP contribution is 1.99. The fourth-order valence-electron chi connectivity index (χ4n) is 1.24. The molecule has 2 N–H and O–H groups in total. The Labute approximate surface area is 94.8 Å². The van der Waals surface area contributed by atoms with Crippen molar-refractivity contribution in [1.29, 1.82) is 0 Å². The van der Waals surface area contributed by atoms with Gasteiger partial charge in [-0.25, -0.2) is 4.79 Å². The molecule has 0 saturated carbocycles. The third kappa shape index (κ3) is 4.79. The summed E-state index contributed by atoms with van der Waals surface area (Å²) in [4.78, 5) is 24.9. The van der Waals surface area contributed by atoms with E-state index in [1.807, 2.05) is 0 Å². The summed E-state index contributed by atoms with van der Waals surface area (Å²) in [7, 11) is 0. The molecule has 0 bridgehead atoms. The number of rotatable bonds is 7. The molecular weight excluding hydrogens is 212 g/mol. The number of carbonyl (C=O) groups excluding carboxylic acids is 1. The van der Waals surface area contributed by atoms with Gasteiger partial charge in [-0.2, -0.15) is 0 Å². The summed E-state index contributed by atoms with van der Waals surface area (Å²) in [6.45, 7) is 5.51. The van der Waals surface area contributed by atoms with Crippen LogP contribution in [0.1, 0.15) is 6.92 Å². The molecule has 0 aliphatic carbocycles. The van der Waals surface area contributed by atoms with Crippen LogP contribution in [0.4, 0.5) is 4.79 Å². The third-order valence-electron chi connectivity index (χ3n) is 1.97. The number of hydrogen-bond donors (Lipinski definition) is 2.